The molecule has 0 aromatic heterocycles. The minimum atomic E-state index is -0.641. The summed E-state index contributed by atoms with van der Waals surface area (Å²) in [4.78, 5) is 0. The Morgan fingerprint density at radius 3 is 2.32 bits per heavy atom. The Morgan fingerprint density at radius 2 is 1.68 bits per heavy atom. The van der Waals surface area contributed by atoms with Crippen LogP contribution in [0.25, 0.3) is 5.83 Å². The predicted octanol–water partition coefficient (Wildman–Crippen LogP) is 7.17. The standard InChI is InChI=1S/C18H17FO.C3H9ISi/c1-13-7-8-15-11-16(9-10-17(15)18(13)19)20-12-14-5-3-2-4-6-14;1-5(2,3)4/h2-6,9-11H,7-8,12H2,1H3;1-3H3. The molecule has 0 radical (unpaired) electrons. The van der Waals surface area contributed by atoms with E-state index in [-0.39, 0.29) is 5.83 Å². The highest BCUT2D eigenvalue weighted by Gasteiger charge is 2.16. The predicted molar refractivity (Wildman–Crippen MR) is 117 cm³/mol. The Labute approximate surface area is 164 Å². The summed E-state index contributed by atoms with van der Waals surface area (Å²) < 4.78 is 19.8. The Balaban J connectivity index is 0.000000399. The summed E-state index contributed by atoms with van der Waals surface area (Å²) in [5.41, 5.74) is 3.10. The van der Waals surface area contributed by atoms with Gasteiger partial charge in [0.05, 0.1) is 0 Å². The molecule has 134 valence electrons. The Hall–Kier alpha value is -1.14. The molecule has 2 aromatic rings. The summed E-state index contributed by atoms with van der Waals surface area (Å²) in [5, 5.41) is 0. The van der Waals surface area contributed by atoms with E-state index in [9.17, 15) is 4.39 Å². The van der Waals surface area contributed by atoms with Crippen LogP contribution in [0.3, 0.4) is 0 Å². The zero-order chi connectivity index (χ0) is 18.4. The molecule has 0 bridgehead atoms. The molecule has 2 aromatic carbocycles. The molecule has 3 rings (SSSR count). The second kappa shape index (κ2) is 8.99. The van der Waals surface area contributed by atoms with Crippen molar-refractivity contribution in [2.75, 3.05) is 0 Å². The molecule has 0 amide bonds. The SMILES string of the molecule is CC1=C(F)c2ccc(OCc3ccccc3)cc2CC1.C[Si](C)(C)I. The molecule has 0 atom stereocenters. The van der Waals surface area contributed by atoms with Gasteiger partial charge in [-0.15, -0.1) is 21.8 Å². The molecule has 0 spiro atoms. The van der Waals surface area contributed by atoms with E-state index in [1.807, 2.05) is 55.5 Å². The summed E-state index contributed by atoms with van der Waals surface area (Å²) in [7, 11) is 0. The van der Waals surface area contributed by atoms with E-state index in [1.165, 1.54) is 0 Å². The quantitative estimate of drug-likeness (QED) is 0.264. The smallest absolute Gasteiger partial charge is 0.129 e. The third kappa shape index (κ3) is 6.94. The number of halogens is 2. The van der Waals surface area contributed by atoms with Gasteiger partial charge in [0.1, 0.15) is 23.8 Å². The number of rotatable bonds is 3. The van der Waals surface area contributed by atoms with Gasteiger partial charge in [0.2, 0.25) is 0 Å². The Bertz CT molecular complexity index is 729. The maximum absolute atomic E-state index is 14.0. The van der Waals surface area contributed by atoms with Crippen LogP contribution in [-0.2, 0) is 13.0 Å². The number of aryl methyl sites for hydroxylation is 1. The zero-order valence-electron chi connectivity index (χ0n) is 15.4. The average molecular weight is 468 g/mol. The van der Waals surface area contributed by atoms with E-state index in [1.54, 1.807) is 0 Å². The third-order valence-electron chi connectivity index (χ3n) is 3.71. The van der Waals surface area contributed by atoms with E-state index in [0.717, 1.165) is 40.9 Å². The highest BCUT2D eigenvalue weighted by molar-refractivity contribution is 14.1. The largest absolute Gasteiger partial charge is 0.489 e. The first-order chi connectivity index (χ1) is 11.7. The average Bonchev–Trinajstić information content (AvgIpc) is 2.56. The minimum absolute atomic E-state index is 0.0686. The number of fused-ring (bicyclic) bond motifs is 1. The number of ether oxygens (including phenoxy) is 1. The number of hydrogen-bond acceptors (Lipinski definition) is 1. The van der Waals surface area contributed by atoms with Gasteiger partial charge in [0.25, 0.3) is 0 Å². The van der Waals surface area contributed by atoms with Crippen LogP contribution in [0.1, 0.15) is 30.0 Å². The van der Waals surface area contributed by atoms with Crippen LogP contribution in [0.4, 0.5) is 4.39 Å². The highest BCUT2D eigenvalue weighted by Crippen LogP contribution is 2.34. The lowest BCUT2D eigenvalue weighted by molar-refractivity contribution is 0.306. The Morgan fingerprint density at radius 1 is 1.04 bits per heavy atom. The van der Waals surface area contributed by atoms with Crippen molar-refractivity contribution in [2.45, 2.75) is 46.0 Å². The highest BCUT2D eigenvalue weighted by atomic mass is 127. The topological polar surface area (TPSA) is 9.23 Å². The van der Waals surface area contributed by atoms with Crippen molar-refractivity contribution in [1.29, 1.82) is 0 Å². The molecule has 1 nitrogen and oxygen atoms in total. The molecule has 0 saturated carbocycles. The monoisotopic (exact) mass is 468 g/mol. The van der Waals surface area contributed by atoms with Crippen molar-refractivity contribution in [1.82, 2.24) is 0 Å². The van der Waals surface area contributed by atoms with Crippen LogP contribution in [0, 0.1) is 0 Å². The second-order valence-corrected chi connectivity index (χ2v) is 21.1. The molecule has 0 unspecified atom stereocenters. The summed E-state index contributed by atoms with van der Waals surface area (Å²) in [6.45, 7) is 9.34. The van der Waals surface area contributed by atoms with Crippen LogP contribution >= 0.6 is 21.8 Å². The normalized spacial score (nSPS) is 13.7. The van der Waals surface area contributed by atoms with Crippen molar-refractivity contribution in [2.24, 2.45) is 0 Å². The molecule has 1 aliphatic rings. The van der Waals surface area contributed by atoms with Gasteiger partial charge in [-0.05, 0) is 54.7 Å². The van der Waals surface area contributed by atoms with Gasteiger partial charge in [0, 0.05) is 5.56 Å². The lowest BCUT2D eigenvalue weighted by atomic mass is 9.92. The molecular formula is C21H26FIOSi. The molecule has 0 saturated heterocycles. The molecular weight excluding hydrogens is 442 g/mol. The van der Waals surface area contributed by atoms with E-state index in [2.05, 4.69) is 41.4 Å². The minimum Gasteiger partial charge on any atom is -0.489 e. The van der Waals surface area contributed by atoms with E-state index in [4.69, 9.17) is 4.74 Å². The van der Waals surface area contributed by atoms with Crippen molar-refractivity contribution in [3.63, 3.8) is 0 Å². The first kappa shape index (κ1) is 20.2. The van der Waals surface area contributed by atoms with Crippen LogP contribution in [0.2, 0.25) is 19.6 Å². The summed E-state index contributed by atoms with van der Waals surface area (Å²) in [6, 6.07) is 15.7. The maximum atomic E-state index is 14.0. The van der Waals surface area contributed by atoms with Gasteiger partial charge in [0.15, 0.2) is 0 Å². The van der Waals surface area contributed by atoms with Gasteiger partial charge in [-0.2, -0.15) is 0 Å². The van der Waals surface area contributed by atoms with Gasteiger partial charge in [-0.25, -0.2) is 4.39 Å². The van der Waals surface area contributed by atoms with Crippen molar-refractivity contribution in [3.8, 4) is 5.75 Å². The van der Waals surface area contributed by atoms with Crippen molar-refractivity contribution >= 4 is 33.2 Å². The number of hydrogen-bond donors (Lipinski definition) is 0. The van der Waals surface area contributed by atoms with Gasteiger partial charge >= 0.3 is 0 Å². The Kier molecular flexibility index (Phi) is 7.25. The summed E-state index contributed by atoms with van der Waals surface area (Å²) in [6.07, 6.45) is 1.68. The lowest BCUT2D eigenvalue weighted by Crippen LogP contribution is -2.05. The van der Waals surface area contributed by atoms with Gasteiger partial charge < -0.3 is 4.74 Å². The molecule has 0 aliphatic heterocycles. The van der Waals surface area contributed by atoms with Gasteiger partial charge in [-0.3, -0.25) is 0 Å². The van der Waals surface area contributed by atoms with Crippen molar-refractivity contribution in [3.05, 3.63) is 70.8 Å². The molecule has 0 heterocycles. The molecule has 1 aliphatic carbocycles. The zero-order valence-corrected chi connectivity index (χ0v) is 18.6. The van der Waals surface area contributed by atoms with Crippen molar-refractivity contribution < 1.29 is 9.13 Å². The first-order valence-corrected chi connectivity index (χ1v) is 15.2. The van der Waals surface area contributed by atoms with Crippen LogP contribution in [-0.4, -0.2) is 5.57 Å². The fraction of sp³-hybridized carbons (Fsp3) is 0.333. The molecule has 25 heavy (non-hydrogen) atoms. The fourth-order valence-corrected chi connectivity index (χ4v) is 2.48. The third-order valence-corrected chi connectivity index (χ3v) is 3.71. The van der Waals surface area contributed by atoms with Gasteiger partial charge in [-0.1, -0.05) is 50.0 Å². The fourth-order valence-electron chi connectivity index (χ4n) is 2.48. The molecule has 4 heteroatoms. The van der Waals surface area contributed by atoms with E-state index in [0.29, 0.717) is 6.61 Å². The van der Waals surface area contributed by atoms with E-state index >= 15 is 0 Å². The number of allylic oxidation sites excluding steroid dienone is 1. The molecule has 0 fully saturated rings. The molecule has 0 N–H and O–H groups in total. The van der Waals surface area contributed by atoms with Crippen LogP contribution in [0.5, 0.6) is 5.75 Å². The summed E-state index contributed by atoms with van der Waals surface area (Å²) >= 11 is 2.52. The maximum Gasteiger partial charge on any atom is 0.129 e. The van der Waals surface area contributed by atoms with Crippen LogP contribution in [0.15, 0.2) is 54.1 Å². The second-order valence-electron chi connectivity index (χ2n) is 7.25. The van der Waals surface area contributed by atoms with Crippen LogP contribution < -0.4 is 4.74 Å². The number of benzene rings is 2. The first-order valence-electron chi connectivity index (χ1n) is 8.58. The summed E-state index contributed by atoms with van der Waals surface area (Å²) in [5.74, 6) is 0.737. The lowest BCUT2D eigenvalue weighted by Gasteiger charge is -2.17. The van der Waals surface area contributed by atoms with E-state index < -0.39 is 5.57 Å².